The maximum absolute atomic E-state index is 11.3. The summed E-state index contributed by atoms with van der Waals surface area (Å²) in [5.41, 5.74) is 4.43. The van der Waals surface area contributed by atoms with Crippen LogP contribution in [0.2, 0.25) is 0 Å². The molecule has 4 N–H and O–H groups in total. The first kappa shape index (κ1) is 12.3. The van der Waals surface area contributed by atoms with Gasteiger partial charge in [-0.05, 0) is 11.8 Å². The first-order chi connectivity index (χ1) is 9.54. The summed E-state index contributed by atoms with van der Waals surface area (Å²) in [6.45, 7) is 0. The number of H-pyrrole nitrogens is 2. The van der Waals surface area contributed by atoms with E-state index in [2.05, 4.69) is 30.2 Å². The zero-order valence-corrected chi connectivity index (χ0v) is 10.9. The van der Waals surface area contributed by atoms with E-state index in [1.807, 2.05) is 0 Å². The van der Waals surface area contributed by atoms with Gasteiger partial charge in [-0.1, -0.05) is 0 Å². The Hall–Kier alpha value is -2.69. The van der Waals surface area contributed by atoms with Crippen molar-refractivity contribution >= 4 is 28.7 Å². The minimum absolute atomic E-state index is 0.0682. The topological polar surface area (TPSA) is 148 Å². The number of hydrogen-bond donors (Lipinski definition) is 3. The largest absolute Gasteiger partial charge is 0.368 e. The zero-order valence-electron chi connectivity index (χ0n) is 10.1. The molecule has 3 rings (SSSR count). The Morgan fingerprint density at radius 3 is 2.90 bits per heavy atom. The minimum Gasteiger partial charge on any atom is -0.368 e. The SMILES string of the molecule is Cn1[nH]c(=O)c(=O)nc1Sc1nc(N)nc2[nH]ncc12. The molecule has 0 radical (unpaired) electrons. The number of aromatic amines is 2. The van der Waals surface area contributed by atoms with Crippen molar-refractivity contribution in [3.63, 3.8) is 0 Å². The molecule has 0 saturated heterocycles. The van der Waals surface area contributed by atoms with Gasteiger partial charge >= 0.3 is 11.1 Å². The van der Waals surface area contributed by atoms with Crippen LogP contribution in [0.3, 0.4) is 0 Å². The highest BCUT2D eigenvalue weighted by molar-refractivity contribution is 7.99. The van der Waals surface area contributed by atoms with E-state index < -0.39 is 11.1 Å². The van der Waals surface area contributed by atoms with Gasteiger partial charge in [0.05, 0.1) is 11.6 Å². The number of anilines is 1. The molecule has 11 heteroatoms. The molecule has 0 atom stereocenters. The molecular weight excluding hydrogens is 284 g/mol. The van der Waals surface area contributed by atoms with Crippen molar-refractivity contribution in [1.82, 2.24) is 34.9 Å². The third-order valence-corrected chi connectivity index (χ3v) is 3.48. The number of fused-ring (bicyclic) bond motifs is 1. The van der Waals surface area contributed by atoms with Crippen molar-refractivity contribution in [1.29, 1.82) is 0 Å². The van der Waals surface area contributed by atoms with Gasteiger partial charge in [0.15, 0.2) is 10.8 Å². The third kappa shape index (κ3) is 2.03. The average molecular weight is 292 g/mol. The maximum atomic E-state index is 11.3. The number of hydrogen-bond acceptors (Lipinski definition) is 8. The highest BCUT2D eigenvalue weighted by Gasteiger charge is 2.13. The van der Waals surface area contributed by atoms with Crippen LogP contribution in [0.15, 0.2) is 26.0 Å². The van der Waals surface area contributed by atoms with E-state index in [1.54, 1.807) is 13.2 Å². The first-order valence-electron chi connectivity index (χ1n) is 5.36. The molecule has 20 heavy (non-hydrogen) atoms. The summed E-state index contributed by atoms with van der Waals surface area (Å²) < 4.78 is 1.33. The van der Waals surface area contributed by atoms with E-state index in [9.17, 15) is 9.59 Å². The van der Waals surface area contributed by atoms with Gasteiger partial charge in [-0.2, -0.15) is 15.1 Å². The summed E-state index contributed by atoms with van der Waals surface area (Å²) in [5.74, 6) is 0.0682. The fraction of sp³-hybridized carbons (Fsp3) is 0.111. The quantitative estimate of drug-likeness (QED) is 0.397. The van der Waals surface area contributed by atoms with Crippen molar-refractivity contribution in [2.75, 3.05) is 5.73 Å². The van der Waals surface area contributed by atoms with Crippen molar-refractivity contribution in [2.45, 2.75) is 10.2 Å². The van der Waals surface area contributed by atoms with Crippen LogP contribution in [0.25, 0.3) is 11.0 Å². The summed E-state index contributed by atoms with van der Waals surface area (Å²) >= 11 is 1.08. The van der Waals surface area contributed by atoms with Crippen LogP contribution in [-0.4, -0.2) is 34.9 Å². The predicted octanol–water partition coefficient (Wildman–Crippen LogP) is -1.13. The Bertz CT molecular complexity index is 910. The van der Waals surface area contributed by atoms with Crippen molar-refractivity contribution < 1.29 is 0 Å². The van der Waals surface area contributed by atoms with Crippen molar-refractivity contribution in [3.05, 3.63) is 26.9 Å². The van der Waals surface area contributed by atoms with Gasteiger partial charge in [-0.3, -0.25) is 24.5 Å². The molecule has 0 bridgehead atoms. The molecule has 0 amide bonds. The van der Waals surface area contributed by atoms with Gasteiger partial charge in [0.2, 0.25) is 5.95 Å². The molecular formula is C9H8N8O2S. The van der Waals surface area contributed by atoms with E-state index in [-0.39, 0.29) is 11.1 Å². The number of aryl methyl sites for hydroxylation is 1. The van der Waals surface area contributed by atoms with Gasteiger partial charge < -0.3 is 5.73 Å². The van der Waals surface area contributed by atoms with Gasteiger partial charge in [-0.25, -0.2) is 4.98 Å². The summed E-state index contributed by atoms with van der Waals surface area (Å²) in [4.78, 5) is 34.2. The van der Waals surface area contributed by atoms with Crippen LogP contribution in [0.4, 0.5) is 5.95 Å². The standard InChI is InChI=1S/C9H8N8O2S/c1-17-9(13-5(18)6(19)16-17)20-7-3-2-11-15-4(3)12-8(10)14-7/h2H,1H3,(H,16,19)(H3,10,11,12,14,15). The monoisotopic (exact) mass is 292 g/mol. The Labute approximate surface area is 114 Å². The summed E-state index contributed by atoms with van der Waals surface area (Å²) in [6, 6.07) is 0. The lowest BCUT2D eigenvalue weighted by Crippen LogP contribution is -2.33. The van der Waals surface area contributed by atoms with E-state index in [1.165, 1.54) is 4.68 Å². The average Bonchev–Trinajstić information content (AvgIpc) is 2.84. The molecule has 0 unspecified atom stereocenters. The Balaban J connectivity index is 2.14. The van der Waals surface area contributed by atoms with E-state index in [0.29, 0.717) is 16.1 Å². The van der Waals surface area contributed by atoms with E-state index >= 15 is 0 Å². The lowest BCUT2D eigenvalue weighted by Gasteiger charge is -2.06. The molecule has 3 aromatic rings. The number of rotatable bonds is 2. The van der Waals surface area contributed by atoms with Crippen molar-refractivity contribution in [3.8, 4) is 0 Å². The molecule has 10 nitrogen and oxygen atoms in total. The molecule has 102 valence electrons. The number of nitrogens with two attached hydrogens (primary N) is 1. The highest BCUT2D eigenvalue weighted by atomic mass is 32.2. The van der Waals surface area contributed by atoms with Crippen LogP contribution in [0.1, 0.15) is 0 Å². The fourth-order valence-corrected chi connectivity index (χ4v) is 2.42. The van der Waals surface area contributed by atoms with Crippen LogP contribution in [-0.2, 0) is 7.05 Å². The molecule has 0 aliphatic carbocycles. The first-order valence-corrected chi connectivity index (χ1v) is 6.18. The fourth-order valence-electron chi connectivity index (χ4n) is 1.54. The number of nitrogens with zero attached hydrogens (tertiary/aromatic N) is 5. The Kier molecular flexibility index (Phi) is 2.75. The Morgan fingerprint density at radius 2 is 2.10 bits per heavy atom. The molecule has 0 saturated carbocycles. The molecule has 0 spiro atoms. The minimum atomic E-state index is -0.865. The lowest BCUT2D eigenvalue weighted by molar-refractivity contribution is 0.596. The van der Waals surface area contributed by atoms with Gasteiger partial charge in [0.25, 0.3) is 0 Å². The van der Waals surface area contributed by atoms with Gasteiger partial charge in [0, 0.05) is 7.05 Å². The third-order valence-electron chi connectivity index (χ3n) is 2.43. The summed E-state index contributed by atoms with van der Waals surface area (Å²) in [6.07, 6.45) is 1.54. The van der Waals surface area contributed by atoms with Crippen LogP contribution < -0.4 is 16.9 Å². The molecule has 0 aliphatic heterocycles. The lowest BCUT2D eigenvalue weighted by atomic mass is 10.4. The molecule has 0 fully saturated rings. The van der Waals surface area contributed by atoms with Crippen LogP contribution >= 0.6 is 11.8 Å². The molecule has 3 heterocycles. The van der Waals surface area contributed by atoms with Crippen LogP contribution in [0, 0.1) is 0 Å². The molecule has 0 aromatic carbocycles. The number of nitrogens with one attached hydrogen (secondary N) is 2. The van der Waals surface area contributed by atoms with Crippen molar-refractivity contribution in [2.24, 2.45) is 7.05 Å². The van der Waals surface area contributed by atoms with Gasteiger partial charge in [0.1, 0.15) is 5.03 Å². The molecule has 3 aromatic heterocycles. The second-order valence-electron chi connectivity index (χ2n) is 3.82. The zero-order chi connectivity index (χ0) is 14.3. The maximum Gasteiger partial charge on any atom is 0.339 e. The Morgan fingerprint density at radius 1 is 1.30 bits per heavy atom. The second-order valence-corrected chi connectivity index (χ2v) is 4.78. The second kappa shape index (κ2) is 4.45. The highest BCUT2D eigenvalue weighted by Crippen LogP contribution is 2.28. The van der Waals surface area contributed by atoms with E-state index in [0.717, 1.165) is 11.8 Å². The van der Waals surface area contributed by atoms with Gasteiger partial charge in [-0.15, -0.1) is 0 Å². The molecule has 0 aliphatic rings. The predicted molar refractivity (Wildman–Crippen MR) is 70.3 cm³/mol. The van der Waals surface area contributed by atoms with Crippen LogP contribution in [0.5, 0.6) is 0 Å². The van der Waals surface area contributed by atoms with E-state index in [4.69, 9.17) is 5.73 Å². The smallest absolute Gasteiger partial charge is 0.339 e. The number of aromatic nitrogens is 7. The summed E-state index contributed by atoms with van der Waals surface area (Å²) in [7, 11) is 1.56. The summed E-state index contributed by atoms with van der Waals surface area (Å²) in [5, 5.41) is 10.3. The number of nitrogen functional groups attached to an aromatic ring is 1. The normalized spacial score (nSPS) is 11.1.